The van der Waals surface area contributed by atoms with Gasteiger partial charge in [-0.15, -0.1) is 12.4 Å². The molecular weight excluding hydrogens is 224 g/mol. The molecule has 1 saturated heterocycles. The van der Waals surface area contributed by atoms with Gasteiger partial charge in [-0.2, -0.15) is 0 Å². The van der Waals surface area contributed by atoms with Crippen molar-refractivity contribution in [2.75, 3.05) is 39.4 Å². The monoisotopic (exact) mass is 250 g/mol. The van der Waals surface area contributed by atoms with Gasteiger partial charge >= 0.3 is 0 Å². The number of likely N-dealkylation sites (tertiary alicyclic amines) is 1. The summed E-state index contributed by atoms with van der Waals surface area (Å²) < 4.78 is 5.39. The van der Waals surface area contributed by atoms with Crippen molar-refractivity contribution in [1.82, 2.24) is 4.90 Å². The molecule has 0 aromatic rings. The summed E-state index contributed by atoms with van der Waals surface area (Å²) in [6.45, 7) is 10.4. The molecule has 2 N–H and O–H groups in total. The third kappa shape index (κ3) is 6.04. The fourth-order valence-electron chi connectivity index (χ4n) is 2.22. The second-order valence-electron chi connectivity index (χ2n) is 4.82. The molecule has 1 aliphatic rings. The Morgan fingerprint density at radius 1 is 1.25 bits per heavy atom. The van der Waals surface area contributed by atoms with Gasteiger partial charge in [0.25, 0.3) is 0 Å². The van der Waals surface area contributed by atoms with Crippen molar-refractivity contribution in [2.45, 2.75) is 26.7 Å². The minimum absolute atomic E-state index is 0. The highest BCUT2D eigenvalue weighted by atomic mass is 35.5. The van der Waals surface area contributed by atoms with Crippen LogP contribution in [0.2, 0.25) is 0 Å². The van der Waals surface area contributed by atoms with Crippen molar-refractivity contribution < 1.29 is 4.74 Å². The number of nitrogens with two attached hydrogens (primary N) is 1. The second kappa shape index (κ2) is 9.23. The van der Waals surface area contributed by atoms with Crippen LogP contribution in [-0.4, -0.2) is 44.3 Å². The molecule has 4 heteroatoms. The van der Waals surface area contributed by atoms with Gasteiger partial charge in [-0.25, -0.2) is 0 Å². The Labute approximate surface area is 106 Å². The lowest BCUT2D eigenvalue weighted by Crippen LogP contribution is -2.37. The molecule has 0 amide bonds. The molecule has 0 atom stereocenters. The maximum atomic E-state index is 5.39. The Kier molecular flexibility index (Phi) is 9.32. The lowest BCUT2D eigenvalue weighted by Gasteiger charge is -2.33. The summed E-state index contributed by atoms with van der Waals surface area (Å²) in [6.07, 6.45) is 2.71. The standard InChI is InChI=1S/C12H26N2O.ClH/c1-11(2)12-3-6-14(7-4-12)8-10-15-9-5-13;/h11-12H,3-10,13H2,1-2H3;1H. The molecule has 98 valence electrons. The highest BCUT2D eigenvalue weighted by molar-refractivity contribution is 5.85. The number of hydrogen-bond donors (Lipinski definition) is 1. The van der Waals surface area contributed by atoms with Crippen LogP contribution in [0.25, 0.3) is 0 Å². The van der Waals surface area contributed by atoms with Crippen LogP contribution in [0, 0.1) is 11.8 Å². The average molecular weight is 251 g/mol. The lowest BCUT2D eigenvalue weighted by atomic mass is 9.87. The molecule has 0 saturated carbocycles. The highest BCUT2D eigenvalue weighted by Gasteiger charge is 2.20. The summed E-state index contributed by atoms with van der Waals surface area (Å²) in [4.78, 5) is 2.51. The van der Waals surface area contributed by atoms with E-state index in [1.807, 2.05) is 0 Å². The zero-order chi connectivity index (χ0) is 11.1. The molecule has 1 heterocycles. The van der Waals surface area contributed by atoms with Gasteiger partial charge in [0.1, 0.15) is 0 Å². The molecule has 16 heavy (non-hydrogen) atoms. The topological polar surface area (TPSA) is 38.5 Å². The number of halogens is 1. The number of rotatable bonds is 6. The smallest absolute Gasteiger partial charge is 0.0594 e. The number of piperidine rings is 1. The van der Waals surface area contributed by atoms with E-state index in [-0.39, 0.29) is 12.4 Å². The van der Waals surface area contributed by atoms with Crippen LogP contribution in [0.15, 0.2) is 0 Å². The first-order valence-electron chi connectivity index (χ1n) is 6.24. The first-order chi connectivity index (χ1) is 7.24. The Morgan fingerprint density at radius 3 is 2.38 bits per heavy atom. The molecule has 1 fully saturated rings. The van der Waals surface area contributed by atoms with Crippen molar-refractivity contribution in [3.05, 3.63) is 0 Å². The van der Waals surface area contributed by atoms with E-state index in [0.717, 1.165) is 25.0 Å². The molecule has 1 rings (SSSR count). The fourth-order valence-corrected chi connectivity index (χ4v) is 2.22. The van der Waals surface area contributed by atoms with Gasteiger partial charge in [-0.1, -0.05) is 13.8 Å². The average Bonchev–Trinajstić information content (AvgIpc) is 2.25. The Morgan fingerprint density at radius 2 is 1.88 bits per heavy atom. The maximum Gasteiger partial charge on any atom is 0.0594 e. The van der Waals surface area contributed by atoms with Gasteiger partial charge in [0, 0.05) is 13.1 Å². The summed E-state index contributed by atoms with van der Waals surface area (Å²) in [5.41, 5.74) is 5.36. The summed E-state index contributed by atoms with van der Waals surface area (Å²) in [7, 11) is 0. The predicted octanol–water partition coefficient (Wildman–Crippen LogP) is 1.75. The molecular formula is C12H27ClN2O. The van der Waals surface area contributed by atoms with Crippen LogP contribution >= 0.6 is 12.4 Å². The van der Waals surface area contributed by atoms with E-state index in [4.69, 9.17) is 10.5 Å². The van der Waals surface area contributed by atoms with Crippen molar-refractivity contribution >= 4 is 12.4 Å². The normalized spacial score (nSPS) is 18.8. The Bertz CT molecular complexity index is 159. The van der Waals surface area contributed by atoms with Gasteiger partial charge in [-0.3, -0.25) is 0 Å². The zero-order valence-corrected chi connectivity index (χ0v) is 11.5. The van der Waals surface area contributed by atoms with Gasteiger partial charge in [0.2, 0.25) is 0 Å². The zero-order valence-electron chi connectivity index (χ0n) is 10.7. The molecule has 0 spiro atoms. The SMILES string of the molecule is CC(C)C1CCN(CCOCCN)CC1.Cl. The van der Waals surface area contributed by atoms with Crippen molar-refractivity contribution in [3.63, 3.8) is 0 Å². The van der Waals surface area contributed by atoms with Crippen molar-refractivity contribution in [2.24, 2.45) is 17.6 Å². The van der Waals surface area contributed by atoms with Crippen LogP contribution in [0.4, 0.5) is 0 Å². The Hall–Kier alpha value is 0.170. The number of ether oxygens (including phenoxy) is 1. The summed E-state index contributed by atoms with van der Waals surface area (Å²) in [6, 6.07) is 0. The van der Waals surface area contributed by atoms with Crippen LogP contribution in [0.3, 0.4) is 0 Å². The predicted molar refractivity (Wildman–Crippen MR) is 71.1 cm³/mol. The van der Waals surface area contributed by atoms with E-state index in [1.165, 1.54) is 25.9 Å². The van der Waals surface area contributed by atoms with Gasteiger partial charge in [-0.05, 0) is 37.8 Å². The van der Waals surface area contributed by atoms with Crippen LogP contribution < -0.4 is 5.73 Å². The van der Waals surface area contributed by atoms with Crippen LogP contribution in [0.1, 0.15) is 26.7 Å². The van der Waals surface area contributed by atoms with E-state index in [1.54, 1.807) is 0 Å². The third-order valence-electron chi connectivity index (χ3n) is 3.39. The molecule has 0 aromatic heterocycles. The Balaban J connectivity index is 0.00000225. The van der Waals surface area contributed by atoms with Crippen molar-refractivity contribution in [3.8, 4) is 0 Å². The third-order valence-corrected chi connectivity index (χ3v) is 3.39. The van der Waals surface area contributed by atoms with E-state index in [0.29, 0.717) is 13.2 Å². The molecule has 3 nitrogen and oxygen atoms in total. The van der Waals surface area contributed by atoms with Crippen LogP contribution in [-0.2, 0) is 4.74 Å². The molecule has 0 aliphatic carbocycles. The lowest BCUT2D eigenvalue weighted by molar-refractivity contribution is 0.0866. The summed E-state index contributed by atoms with van der Waals surface area (Å²) >= 11 is 0. The van der Waals surface area contributed by atoms with Crippen LogP contribution in [0.5, 0.6) is 0 Å². The van der Waals surface area contributed by atoms with E-state index in [2.05, 4.69) is 18.7 Å². The molecule has 0 radical (unpaired) electrons. The number of hydrogen-bond acceptors (Lipinski definition) is 3. The highest BCUT2D eigenvalue weighted by Crippen LogP contribution is 2.23. The number of nitrogens with zero attached hydrogens (tertiary/aromatic N) is 1. The largest absolute Gasteiger partial charge is 0.379 e. The maximum absolute atomic E-state index is 5.39. The van der Waals surface area contributed by atoms with Gasteiger partial charge < -0.3 is 15.4 Å². The first kappa shape index (κ1) is 16.2. The second-order valence-corrected chi connectivity index (χ2v) is 4.82. The summed E-state index contributed by atoms with van der Waals surface area (Å²) in [5.74, 6) is 1.78. The quantitative estimate of drug-likeness (QED) is 0.730. The minimum atomic E-state index is 0. The molecule has 0 bridgehead atoms. The van der Waals surface area contributed by atoms with E-state index < -0.39 is 0 Å². The van der Waals surface area contributed by atoms with E-state index in [9.17, 15) is 0 Å². The summed E-state index contributed by atoms with van der Waals surface area (Å²) in [5, 5.41) is 0. The first-order valence-corrected chi connectivity index (χ1v) is 6.24. The van der Waals surface area contributed by atoms with Gasteiger partial charge in [0.15, 0.2) is 0 Å². The van der Waals surface area contributed by atoms with E-state index >= 15 is 0 Å². The van der Waals surface area contributed by atoms with Crippen molar-refractivity contribution in [1.29, 1.82) is 0 Å². The fraction of sp³-hybridized carbons (Fsp3) is 1.00. The molecule has 1 aliphatic heterocycles. The van der Waals surface area contributed by atoms with Gasteiger partial charge in [0.05, 0.1) is 13.2 Å². The molecule has 0 aromatic carbocycles. The minimum Gasteiger partial charge on any atom is -0.379 e. The molecule has 0 unspecified atom stereocenters.